The highest BCUT2D eigenvalue weighted by molar-refractivity contribution is 6.30. The van der Waals surface area contributed by atoms with Crippen LogP contribution in [-0.4, -0.2) is 23.7 Å². The van der Waals surface area contributed by atoms with Crippen molar-refractivity contribution in [3.63, 3.8) is 0 Å². The average molecular weight is 510 g/mol. The molecule has 0 spiro atoms. The molecule has 1 aliphatic rings. The molecule has 1 amide bonds. The number of alkyl halides is 3. The van der Waals surface area contributed by atoms with E-state index >= 15 is 0 Å². The summed E-state index contributed by atoms with van der Waals surface area (Å²) in [5.74, 6) is -4.37. The maximum absolute atomic E-state index is 13.6. The van der Waals surface area contributed by atoms with Crippen LogP contribution < -0.4 is 5.32 Å². The lowest BCUT2D eigenvalue weighted by atomic mass is 9.85. The fraction of sp³-hybridized carbons (Fsp3) is 0.481. The monoisotopic (exact) mass is 509 g/mol. The van der Waals surface area contributed by atoms with Crippen molar-refractivity contribution in [2.75, 3.05) is 5.32 Å². The molecule has 1 N–H and O–H groups in total. The van der Waals surface area contributed by atoms with Crippen molar-refractivity contribution in [2.45, 2.75) is 71.6 Å². The molecule has 0 radical (unpaired) electrons. The number of anilines is 1. The zero-order valence-corrected chi connectivity index (χ0v) is 21.3. The van der Waals surface area contributed by atoms with Gasteiger partial charge in [0.25, 0.3) is 0 Å². The summed E-state index contributed by atoms with van der Waals surface area (Å²) in [7, 11) is 0. The zero-order valence-electron chi connectivity index (χ0n) is 20.6. The van der Waals surface area contributed by atoms with Gasteiger partial charge in [0.15, 0.2) is 0 Å². The van der Waals surface area contributed by atoms with Gasteiger partial charge in [0.1, 0.15) is 5.60 Å². The number of carbonyl (C=O) groups excluding carboxylic acids is 2. The van der Waals surface area contributed by atoms with E-state index in [1.54, 1.807) is 19.1 Å². The molecule has 2 atom stereocenters. The Morgan fingerprint density at radius 1 is 1.09 bits per heavy atom. The first kappa shape index (κ1) is 27.1. The second-order valence-electron chi connectivity index (χ2n) is 10.5. The summed E-state index contributed by atoms with van der Waals surface area (Å²) < 4.78 is 46.5. The Labute approximate surface area is 209 Å². The van der Waals surface area contributed by atoms with Crippen LogP contribution in [0.2, 0.25) is 5.02 Å². The van der Waals surface area contributed by atoms with Crippen LogP contribution in [0.25, 0.3) is 0 Å². The first-order chi connectivity index (χ1) is 16.1. The number of nitrogens with one attached hydrogen (secondary N) is 1. The molecule has 1 saturated carbocycles. The maximum Gasteiger partial charge on any atom is 0.392 e. The Hall–Kier alpha value is -2.54. The lowest BCUT2D eigenvalue weighted by Gasteiger charge is -2.26. The van der Waals surface area contributed by atoms with Gasteiger partial charge in [0, 0.05) is 10.7 Å². The number of aryl methyl sites for hydroxylation is 1. The van der Waals surface area contributed by atoms with E-state index in [1.807, 2.05) is 26.8 Å². The largest absolute Gasteiger partial charge is 0.460 e. The molecule has 190 valence electrons. The van der Waals surface area contributed by atoms with E-state index in [0.717, 1.165) is 12.5 Å². The average Bonchev–Trinajstić information content (AvgIpc) is 3.51. The van der Waals surface area contributed by atoms with Crippen molar-refractivity contribution in [1.29, 1.82) is 0 Å². The van der Waals surface area contributed by atoms with Crippen molar-refractivity contribution in [3.8, 4) is 0 Å². The number of hydrogen-bond acceptors (Lipinski definition) is 3. The molecule has 2 aromatic rings. The van der Waals surface area contributed by atoms with Gasteiger partial charge >= 0.3 is 12.1 Å². The Morgan fingerprint density at radius 3 is 2.20 bits per heavy atom. The zero-order chi connectivity index (χ0) is 26.2. The van der Waals surface area contributed by atoms with Gasteiger partial charge in [0.05, 0.1) is 17.3 Å². The van der Waals surface area contributed by atoms with Crippen LogP contribution in [0, 0.1) is 18.3 Å². The molecular weight excluding hydrogens is 479 g/mol. The van der Waals surface area contributed by atoms with Gasteiger partial charge in [0.2, 0.25) is 5.91 Å². The number of halogens is 4. The first-order valence-electron chi connectivity index (χ1n) is 11.6. The summed E-state index contributed by atoms with van der Waals surface area (Å²) in [5, 5.41) is 3.07. The van der Waals surface area contributed by atoms with Gasteiger partial charge in [-0.2, -0.15) is 13.2 Å². The molecular formula is C27H31ClF3NO3. The number of benzene rings is 2. The molecule has 0 bridgehead atoms. The van der Waals surface area contributed by atoms with E-state index in [0.29, 0.717) is 35.5 Å². The summed E-state index contributed by atoms with van der Waals surface area (Å²) in [6.07, 6.45) is -2.71. The van der Waals surface area contributed by atoms with Crippen molar-refractivity contribution < 1.29 is 27.5 Å². The summed E-state index contributed by atoms with van der Waals surface area (Å²) in [5.41, 5.74) is 0.971. The molecule has 0 aliphatic heterocycles. The van der Waals surface area contributed by atoms with Crippen molar-refractivity contribution in [1.82, 2.24) is 0 Å². The highest BCUT2D eigenvalue weighted by Gasteiger charge is 2.52. The van der Waals surface area contributed by atoms with Crippen LogP contribution in [0.15, 0.2) is 42.5 Å². The molecule has 1 aliphatic carbocycles. The van der Waals surface area contributed by atoms with Crippen molar-refractivity contribution in [3.05, 3.63) is 64.2 Å². The van der Waals surface area contributed by atoms with Crippen molar-refractivity contribution >= 4 is 29.2 Å². The summed E-state index contributed by atoms with van der Waals surface area (Å²) in [6, 6.07) is 11.2. The van der Waals surface area contributed by atoms with Crippen LogP contribution in [0.3, 0.4) is 0 Å². The van der Waals surface area contributed by atoms with Gasteiger partial charge in [-0.3, -0.25) is 9.59 Å². The molecule has 3 rings (SSSR count). The van der Waals surface area contributed by atoms with Crippen LogP contribution in [-0.2, 0) is 20.7 Å². The Balaban J connectivity index is 1.84. The molecule has 8 heteroatoms. The molecule has 1 fully saturated rings. The van der Waals surface area contributed by atoms with Crippen LogP contribution >= 0.6 is 11.6 Å². The number of hydrogen-bond donors (Lipinski definition) is 1. The fourth-order valence-electron chi connectivity index (χ4n) is 4.03. The molecule has 2 aromatic carbocycles. The minimum Gasteiger partial charge on any atom is -0.460 e. The van der Waals surface area contributed by atoms with E-state index in [2.05, 4.69) is 5.32 Å². The summed E-state index contributed by atoms with van der Waals surface area (Å²) in [6.45, 7) is 8.23. The predicted octanol–water partition coefficient (Wildman–Crippen LogP) is 7.23. The van der Waals surface area contributed by atoms with Gasteiger partial charge in [-0.25, -0.2) is 0 Å². The lowest BCUT2D eigenvalue weighted by molar-refractivity contribution is -0.178. The van der Waals surface area contributed by atoms with E-state index in [9.17, 15) is 22.8 Å². The molecule has 0 heterocycles. The van der Waals surface area contributed by atoms with Gasteiger partial charge < -0.3 is 10.1 Å². The smallest absolute Gasteiger partial charge is 0.392 e. The van der Waals surface area contributed by atoms with Crippen LogP contribution in [0.5, 0.6) is 0 Å². The first-order valence-corrected chi connectivity index (χ1v) is 12.0. The maximum atomic E-state index is 13.6. The predicted molar refractivity (Wildman–Crippen MR) is 130 cm³/mol. The SMILES string of the molecule is Cc1ccc(CC2(C(=O)OC(C)(C)C)CC2)cc1NC(=O)[C@H](c1ccc(Cl)cc1)[C@@H](C)C(F)(F)F. The van der Waals surface area contributed by atoms with E-state index in [4.69, 9.17) is 16.3 Å². The number of amides is 1. The van der Waals surface area contributed by atoms with Crippen molar-refractivity contribution in [2.24, 2.45) is 11.3 Å². The Bertz CT molecular complexity index is 1090. The van der Waals surface area contributed by atoms with E-state index in [-0.39, 0.29) is 11.5 Å². The second kappa shape index (κ2) is 9.84. The minimum atomic E-state index is -4.57. The molecule has 0 saturated heterocycles. The topological polar surface area (TPSA) is 55.4 Å². The van der Waals surface area contributed by atoms with E-state index in [1.165, 1.54) is 24.3 Å². The third-order valence-electron chi connectivity index (χ3n) is 6.32. The third kappa shape index (κ3) is 6.78. The summed E-state index contributed by atoms with van der Waals surface area (Å²) in [4.78, 5) is 25.9. The minimum absolute atomic E-state index is 0.229. The van der Waals surface area contributed by atoms with Gasteiger partial charge in [-0.1, -0.05) is 42.8 Å². The molecule has 0 unspecified atom stereocenters. The quantitative estimate of drug-likeness (QED) is 0.400. The van der Waals surface area contributed by atoms with Gasteiger partial charge in [-0.15, -0.1) is 0 Å². The van der Waals surface area contributed by atoms with Crippen LogP contribution in [0.1, 0.15) is 63.1 Å². The van der Waals surface area contributed by atoms with Crippen LogP contribution in [0.4, 0.5) is 18.9 Å². The number of ether oxygens (including phenoxy) is 1. The Kier molecular flexibility index (Phi) is 7.61. The third-order valence-corrected chi connectivity index (χ3v) is 6.57. The normalized spacial score (nSPS) is 16.8. The number of rotatable bonds is 7. The van der Waals surface area contributed by atoms with Gasteiger partial charge in [-0.05, 0) is 81.8 Å². The number of carbonyl (C=O) groups is 2. The molecule has 4 nitrogen and oxygen atoms in total. The molecule has 35 heavy (non-hydrogen) atoms. The second-order valence-corrected chi connectivity index (χ2v) is 10.9. The number of esters is 1. The highest BCUT2D eigenvalue weighted by atomic mass is 35.5. The molecule has 0 aromatic heterocycles. The Morgan fingerprint density at radius 2 is 1.69 bits per heavy atom. The van der Waals surface area contributed by atoms with E-state index < -0.39 is 34.9 Å². The summed E-state index contributed by atoms with van der Waals surface area (Å²) >= 11 is 5.89. The standard InChI is InChI=1S/C27H31ClF3NO3/c1-16-6-7-18(15-26(12-13-26)24(34)35-25(3,4)5)14-21(16)32-23(33)22(17(2)27(29,30)31)19-8-10-20(28)11-9-19/h6-11,14,17,22H,12-13,15H2,1-5H3,(H,32,33)/t17-,22+/m1/s1. The fourth-order valence-corrected chi connectivity index (χ4v) is 4.16. The highest BCUT2D eigenvalue weighted by Crippen LogP contribution is 2.50. The lowest BCUT2D eigenvalue weighted by Crippen LogP contribution is -2.34.